The van der Waals surface area contributed by atoms with Crippen molar-refractivity contribution in [3.05, 3.63) is 77.7 Å². The molecule has 1 atom stereocenters. The average Bonchev–Trinajstić information content (AvgIpc) is 3.30. The van der Waals surface area contributed by atoms with Gasteiger partial charge < -0.3 is 14.7 Å². The number of hydrogen-bond acceptors (Lipinski definition) is 6. The molecule has 0 bridgehead atoms. The van der Waals surface area contributed by atoms with E-state index in [0.717, 1.165) is 69.0 Å². The molecule has 1 aromatic carbocycles. The molecule has 1 N–H and O–H groups in total. The van der Waals surface area contributed by atoms with Crippen LogP contribution in [0.1, 0.15) is 73.3 Å². The summed E-state index contributed by atoms with van der Waals surface area (Å²) >= 11 is 0. The Morgan fingerprint density at radius 1 is 1.06 bits per heavy atom. The second-order valence-corrected chi connectivity index (χ2v) is 9.59. The topological polar surface area (TPSA) is 84.2 Å². The number of nitrogens with zero attached hydrogens (tertiary/aromatic N) is 4. The van der Waals surface area contributed by atoms with Gasteiger partial charge in [0, 0.05) is 37.2 Å². The van der Waals surface area contributed by atoms with E-state index in [0.29, 0.717) is 12.3 Å². The molecule has 1 aliphatic heterocycles. The molecular formula is C27H33N5O2. The zero-order valence-corrected chi connectivity index (χ0v) is 19.6. The van der Waals surface area contributed by atoms with Crippen LogP contribution in [0.15, 0.2) is 59.4 Å². The van der Waals surface area contributed by atoms with Gasteiger partial charge in [-0.3, -0.25) is 9.78 Å². The lowest BCUT2D eigenvalue weighted by Gasteiger charge is -2.32. The first-order valence-corrected chi connectivity index (χ1v) is 12.5. The molecule has 0 spiro atoms. The molecule has 0 radical (unpaired) electrons. The molecule has 7 heteroatoms. The van der Waals surface area contributed by atoms with Crippen molar-refractivity contribution in [3.8, 4) is 0 Å². The third-order valence-corrected chi connectivity index (χ3v) is 7.26. The van der Waals surface area contributed by atoms with E-state index < -0.39 is 0 Å². The lowest BCUT2D eigenvalue weighted by atomic mass is 9.84. The van der Waals surface area contributed by atoms with Crippen molar-refractivity contribution in [2.45, 2.75) is 56.9 Å². The van der Waals surface area contributed by atoms with E-state index in [1.165, 1.54) is 12.0 Å². The number of carbonyl (C=O) groups excluding carboxylic acids is 1. The molecule has 2 fully saturated rings. The highest BCUT2D eigenvalue weighted by Gasteiger charge is 2.29. The van der Waals surface area contributed by atoms with Crippen LogP contribution in [0.5, 0.6) is 0 Å². The van der Waals surface area contributed by atoms with Gasteiger partial charge in [-0.05, 0) is 68.5 Å². The van der Waals surface area contributed by atoms with Crippen LogP contribution in [0, 0.1) is 5.92 Å². The summed E-state index contributed by atoms with van der Waals surface area (Å²) in [6, 6.07) is 14.4. The third-order valence-electron chi connectivity index (χ3n) is 7.26. The summed E-state index contributed by atoms with van der Waals surface area (Å²) < 4.78 is 5.61. The minimum absolute atomic E-state index is 0.0682. The predicted octanol–water partition coefficient (Wildman–Crippen LogP) is 4.28. The van der Waals surface area contributed by atoms with E-state index in [-0.39, 0.29) is 17.9 Å². The summed E-state index contributed by atoms with van der Waals surface area (Å²) in [4.78, 5) is 23.8. The second kappa shape index (κ2) is 10.9. The van der Waals surface area contributed by atoms with Gasteiger partial charge in [-0.2, -0.15) is 4.98 Å². The Kier molecular flexibility index (Phi) is 7.29. The van der Waals surface area contributed by atoms with E-state index in [2.05, 4.69) is 49.6 Å². The first-order chi connectivity index (χ1) is 16.7. The quantitative estimate of drug-likeness (QED) is 0.514. The molecule has 178 valence electrons. The summed E-state index contributed by atoms with van der Waals surface area (Å²) in [5, 5.41) is 7.52. The molecule has 3 heterocycles. The maximum atomic E-state index is 12.6. The van der Waals surface area contributed by atoms with Crippen molar-refractivity contribution in [3.63, 3.8) is 0 Å². The van der Waals surface area contributed by atoms with Crippen molar-refractivity contribution in [2.75, 3.05) is 19.6 Å². The molecule has 1 aliphatic carbocycles. The van der Waals surface area contributed by atoms with Crippen molar-refractivity contribution >= 4 is 5.91 Å². The van der Waals surface area contributed by atoms with Crippen LogP contribution >= 0.6 is 0 Å². The van der Waals surface area contributed by atoms with Gasteiger partial charge in [-0.25, -0.2) is 0 Å². The molecule has 34 heavy (non-hydrogen) atoms. The van der Waals surface area contributed by atoms with Gasteiger partial charge in [-0.1, -0.05) is 41.9 Å². The Morgan fingerprint density at radius 2 is 1.82 bits per heavy atom. The van der Waals surface area contributed by atoms with E-state index in [4.69, 9.17) is 4.52 Å². The van der Waals surface area contributed by atoms with Crippen molar-refractivity contribution in [1.29, 1.82) is 0 Å². The first kappa shape index (κ1) is 22.7. The molecule has 2 aromatic heterocycles. The number of carbonyl (C=O) groups is 1. The number of amides is 1. The zero-order valence-electron chi connectivity index (χ0n) is 19.6. The van der Waals surface area contributed by atoms with Crippen LogP contribution in [-0.4, -0.2) is 45.6 Å². The smallest absolute Gasteiger partial charge is 0.229 e. The predicted molar refractivity (Wildman–Crippen MR) is 129 cm³/mol. The number of hydrogen-bond donors (Lipinski definition) is 1. The largest absolute Gasteiger partial charge is 0.349 e. The minimum Gasteiger partial charge on any atom is -0.349 e. The SMILES string of the molecule is O=C(NC(CCN1CCC(c2nc(Cc3ccncc3)no2)CC1)c1ccccc1)C1CCC1. The highest BCUT2D eigenvalue weighted by atomic mass is 16.5. The highest BCUT2D eigenvalue weighted by Crippen LogP contribution is 2.30. The maximum absolute atomic E-state index is 12.6. The molecule has 1 amide bonds. The van der Waals surface area contributed by atoms with Crippen LogP contribution in [0.2, 0.25) is 0 Å². The average molecular weight is 460 g/mol. The van der Waals surface area contributed by atoms with Gasteiger partial charge in [-0.15, -0.1) is 0 Å². The van der Waals surface area contributed by atoms with Gasteiger partial charge in [0.05, 0.1) is 6.04 Å². The Morgan fingerprint density at radius 3 is 2.53 bits per heavy atom. The Hall–Kier alpha value is -3.06. The molecule has 1 unspecified atom stereocenters. The Labute approximate surface area is 201 Å². The van der Waals surface area contributed by atoms with Crippen LogP contribution < -0.4 is 5.32 Å². The summed E-state index contributed by atoms with van der Waals surface area (Å²) in [6.45, 7) is 2.98. The molecule has 2 aliphatic rings. The van der Waals surface area contributed by atoms with E-state index in [9.17, 15) is 4.79 Å². The highest BCUT2D eigenvalue weighted by molar-refractivity contribution is 5.79. The van der Waals surface area contributed by atoms with Crippen molar-refractivity contribution in [1.82, 2.24) is 25.3 Å². The molecule has 7 nitrogen and oxygen atoms in total. The molecule has 5 rings (SSSR count). The Balaban J connectivity index is 1.12. The number of aromatic nitrogens is 3. The molecular weight excluding hydrogens is 426 g/mol. The number of pyridine rings is 1. The number of piperidine rings is 1. The lowest BCUT2D eigenvalue weighted by molar-refractivity contribution is -0.128. The van der Waals surface area contributed by atoms with E-state index in [1.54, 1.807) is 12.4 Å². The van der Waals surface area contributed by atoms with Gasteiger partial charge in [0.1, 0.15) is 0 Å². The Bertz CT molecular complexity index is 1040. The van der Waals surface area contributed by atoms with Gasteiger partial charge in [0.2, 0.25) is 11.8 Å². The summed E-state index contributed by atoms with van der Waals surface area (Å²) in [6.07, 6.45) is 10.4. The number of benzene rings is 1. The maximum Gasteiger partial charge on any atom is 0.229 e. The zero-order chi connectivity index (χ0) is 23.2. The fraction of sp³-hybridized carbons (Fsp3) is 0.481. The van der Waals surface area contributed by atoms with E-state index >= 15 is 0 Å². The summed E-state index contributed by atoms with van der Waals surface area (Å²) in [7, 11) is 0. The molecule has 3 aromatic rings. The van der Waals surface area contributed by atoms with Crippen LogP contribution in [0.25, 0.3) is 0 Å². The van der Waals surface area contributed by atoms with Gasteiger partial charge in [0.25, 0.3) is 0 Å². The van der Waals surface area contributed by atoms with Crippen molar-refractivity contribution in [2.24, 2.45) is 5.92 Å². The van der Waals surface area contributed by atoms with Gasteiger partial charge >= 0.3 is 0 Å². The van der Waals surface area contributed by atoms with Crippen LogP contribution in [0.3, 0.4) is 0 Å². The lowest BCUT2D eigenvalue weighted by Crippen LogP contribution is -2.39. The number of likely N-dealkylation sites (tertiary alicyclic amines) is 1. The van der Waals surface area contributed by atoms with Gasteiger partial charge in [0.15, 0.2) is 5.82 Å². The normalized spacial score (nSPS) is 18.4. The summed E-state index contributed by atoms with van der Waals surface area (Å²) in [5.74, 6) is 2.24. The van der Waals surface area contributed by atoms with Crippen LogP contribution in [-0.2, 0) is 11.2 Å². The fourth-order valence-electron chi connectivity index (χ4n) is 4.87. The first-order valence-electron chi connectivity index (χ1n) is 12.5. The number of rotatable bonds is 9. The van der Waals surface area contributed by atoms with E-state index in [1.807, 2.05) is 18.2 Å². The van der Waals surface area contributed by atoms with Crippen molar-refractivity contribution < 1.29 is 9.32 Å². The molecule has 1 saturated carbocycles. The summed E-state index contributed by atoms with van der Waals surface area (Å²) in [5.41, 5.74) is 2.33. The third kappa shape index (κ3) is 5.70. The minimum atomic E-state index is 0.0682. The molecule has 1 saturated heterocycles. The number of nitrogens with one attached hydrogen (secondary N) is 1. The standard InChI is InChI=1S/C27H33N5O2/c33-26(22-7-4-8-22)29-24(21-5-2-1-3-6-21)13-18-32-16-11-23(12-17-32)27-30-25(31-34-27)19-20-9-14-28-15-10-20/h1-3,5-6,9-10,14-15,22-24H,4,7-8,11-13,16-19H2,(H,29,33). The fourth-order valence-corrected chi connectivity index (χ4v) is 4.87. The monoisotopic (exact) mass is 459 g/mol. The van der Waals surface area contributed by atoms with Crippen LogP contribution in [0.4, 0.5) is 0 Å². The second-order valence-electron chi connectivity index (χ2n) is 9.59.